The normalized spacial score (nSPS) is 49.4. The van der Waals surface area contributed by atoms with E-state index in [0.717, 1.165) is 24.0 Å². The van der Waals surface area contributed by atoms with Crippen molar-refractivity contribution in [3.05, 3.63) is 48.0 Å². The van der Waals surface area contributed by atoms with Gasteiger partial charge in [0.15, 0.2) is 6.29 Å². The fourth-order valence-corrected chi connectivity index (χ4v) is 6.20. The van der Waals surface area contributed by atoms with Crippen molar-refractivity contribution in [1.29, 1.82) is 0 Å². The summed E-state index contributed by atoms with van der Waals surface area (Å²) in [6, 6.07) is 1.97. The van der Waals surface area contributed by atoms with Gasteiger partial charge in [0, 0.05) is 27.9 Å². The van der Waals surface area contributed by atoms with Crippen LogP contribution in [0.2, 0.25) is 0 Å². The topological polar surface area (TPSA) is 57.9 Å². The third-order valence-electron chi connectivity index (χ3n) is 7.41. The molecule has 4 heterocycles. The smallest absolute Gasteiger partial charge is 0.334 e. The van der Waals surface area contributed by atoms with Crippen molar-refractivity contribution in [1.82, 2.24) is 0 Å². The highest BCUT2D eigenvalue weighted by atomic mass is 16.7. The van der Waals surface area contributed by atoms with Gasteiger partial charge in [-0.25, -0.2) is 4.79 Å². The molecule has 0 N–H and O–H groups in total. The molecular weight excluding hydrogens is 320 g/mol. The van der Waals surface area contributed by atoms with Gasteiger partial charge in [-0.2, -0.15) is 0 Å². The molecule has 1 aromatic heterocycles. The number of cyclic esters (lactones) is 1. The molecule has 130 valence electrons. The van der Waals surface area contributed by atoms with Crippen molar-refractivity contribution in [2.75, 3.05) is 6.61 Å². The summed E-state index contributed by atoms with van der Waals surface area (Å²) in [5, 5.41) is 0. The molecule has 0 amide bonds. The lowest BCUT2D eigenvalue weighted by Gasteiger charge is -2.52. The summed E-state index contributed by atoms with van der Waals surface area (Å²) in [4.78, 5) is 12.3. The van der Waals surface area contributed by atoms with Crippen LogP contribution in [0.4, 0.5) is 0 Å². The second-order valence-corrected chi connectivity index (χ2v) is 8.17. The molecule has 5 aliphatic rings. The standard InChI is InChI=1S/C20H20O5/c1-11-14-7-19-10-23-17(21)13(19)3-2-4-16(19)20(11)8-15(25-18(20)24-14)12-5-6-22-9-12/h2-6,9,11,14-16,18H,7-8,10H2,1H3/t11-,14+,15-,16+,18-,19-,20+/m0/s1. The van der Waals surface area contributed by atoms with Gasteiger partial charge in [0.2, 0.25) is 0 Å². The van der Waals surface area contributed by atoms with E-state index < -0.39 is 0 Å². The first-order chi connectivity index (χ1) is 12.1. The number of carbonyl (C=O) groups is 1. The maximum absolute atomic E-state index is 12.3. The largest absolute Gasteiger partial charge is 0.472 e. The average molecular weight is 340 g/mol. The molecule has 25 heavy (non-hydrogen) atoms. The van der Waals surface area contributed by atoms with E-state index in [1.807, 2.05) is 18.2 Å². The molecule has 0 unspecified atom stereocenters. The molecule has 7 atom stereocenters. The van der Waals surface area contributed by atoms with Crippen LogP contribution in [0.25, 0.3) is 0 Å². The Balaban J connectivity index is 1.48. The molecule has 6 rings (SSSR count). The summed E-state index contributed by atoms with van der Waals surface area (Å²) in [5.74, 6) is 0.411. The minimum atomic E-state index is -0.258. The number of hydrogen-bond acceptors (Lipinski definition) is 5. The highest BCUT2D eigenvalue weighted by molar-refractivity contribution is 5.93. The van der Waals surface area contributed by atoms with Gasteiger partial charge in [-0.3, -0.25) is 0 Å². The first-order valence-electron chi connectivity index (χ1n) is 9.04. The van der Waals surface area contributed by atoms with E-state index in [0.29, 0.717) is 12.5 Å². The summed E-state index contributed by atoms with van der Waals surface area (Å²) >= 11 is 0. The zero-order valence-corrected chi connectivity index (χ0v) is 14.0. The molecule has 1 aromatic rings. The highest BCUT2D eigenvalue weighted by Gasteiger charge is 2.73. The molecule has 2 aliphatic carbocycles. The number of hydrogen-bond donors (Lipinski definition) is 0. The molecule has 0 radical (unpaired) electrons. The van der Waals surface area contributed by atoms with Gasteiger partial charge < -0.3 is 18.6 Å². The van der Waals surface area contributed by atoms with Crippen LogP contribution in [-0.4, -0.2) is 25.0 Å². The minimum Gasteiger partial charge on any atom is -0.472 e. The van der Waals surface area contributed by atoms with Crippen molar-refractivity contribution in [3.63, 3.8) is 0 Å². The molecule has 0 aromatic carbocycles. The SMILES string of the molecule is C[C@H]1[C@H]2C[C@]34COC(=O)C3=CC=C[C@H]4[C@@]13C[C@@H](c1ccoc1)O[C@@H]3O2. The third kappa shape index (κ3) is 1.51. The van der Waals surface area contributed by atoms with Crippen molar-refractivity contribution >= 4 is 5.97 Å². The Labute approximate surface area is 145 Å². The van der Waals surface area contributed by atoms with Crippen molar-refractivity contribution in [3.8, 4) is 0 Å². The highest BCUT2D eigenvalue weighted by Crippen LogP contribution is 2.71. The van der Waals surface area contributed by atoms with E-state index in [1.165, 1.54) is 0 Å². The van der Waals surface area contributed by atoms with Crippen LogP contribution in [0.5, 0.6) is 0 Å². The number of esters is 1. The van der Waals surface area contributed by atoms with E-state index in [-0.39, 0.29) is 41.2 Å². The van der Waals surface area contributed by atoms with Gasteiger partial charge in [-0.15, -0.1) is 0 Å². The van der Waals surface area contributed by atoms with Crippen molar-refractivity contribution in [2.24, 2.45) is 22.7 Å². The van der Waals surface area contributed by atoms with Crippen LogP contribution in [0.15, 0.2) is 46.8 Å². The van der Waals surface area contributed by atoms with Crippen LogP contribution in [-0.2, 0) is 19.0 Å². The summed E-state index contributed by atoms with van der Waals surface area (Å²) in [6.45, 7) is 2.74. The molecule has 3 aliphatic heterocycles. The molecule has 1 saturated carbocycles. The quantitative estimate of drug-likeness (QED) is 0.735. The summed E-state index contributed by atoms with van der Waals surface area (Å²) in [5.41, 5.74) is 1.50. The first-order valence-corrected chi connectivity index (χ1v) is 9.04. The average Bonchev–Trinajstić information content (AvgIpc) is 3.34. The molecule has 5 heteroatoms. The van der Waals surface area contributed by atoms with E-state index in [2.05, 4.69) is 13.0 Å². The van der Waals surface area contributed by atoms with E-state index >= 15 is 0 Å². The minimum absolute atomic E-state index is 0.0249. The summed E-state index contributed by atoms with van der Waals surface area (Å²) in [7, 11) is 0. The number of allylic oxidation sites excluding steroid dienone is 3. The maximum atomic E-state index is 12.3. The van der Waals surface area contributed by atoms with Crippen LogP contribution in [0, 0.1) is 22.7 Å². The van der Waals surface area contributed by atoms with Crippen molar-refractivity contribution < 1.29 is 23.4 Å². The molecule has 3 saturated heterocycles. The van der Waals surface area contributed by atoms with Crippen LogP contribution in [0.3, 0.4) is 0 Å². The van der Waals surface area contributed by atoms with Gasteiger partial charge >= 0.3 is 5.97 Å². The number of fused-ring (bicyclic) bond motifs is 1. The summed E-state index contributed by atoms with van der Waals surface area (Å²) in [6.07, 6.45) is 11.2. The van der Waals surface area contributed by atoms with Gasteiger partial charge in [0.1, 0.15) is 6.61 Å². The zero-order valence-electron chi connectivity index (χ0n) is 14.0. The lowest BCUT2D eigenvalue weighted by Crippen LogP contribution is -2.54. The van der Waals surface area contributed by atoms with Gasteiger partial charge in [0.25, 0.3) is 0 Å². The first kappa shape index (κ1) is 14.3. The number of rotatable bonds is 1. The van der Waals surface area contributed by atoms with Gasteiger partial charge in [-0.1, -0.05) is 25.2 Å². The lowest BCUT2D eigenvalue weighted by atomic mass is 9.48. The predicted octanol–water partition coefficient (Wildman–Crippen LogP) is 3.15. The van der Waals surface area contributed by atoms with E-state index in [1.54, 1.807) is 12.5 Å². The third-order valence-corrected chi connectivity index (χ3v) is 7.41. The Bertz CT molecular complexity index is 808. The molecule has 4 fully saturated rings. The lowest BCUT2D eigenvalue weighted by molar-refractivity contribution is -0.149. The van der Waals surface area contributed by atoms with Gasteiger partial charge in [-0.05, 0) is 24.8 Å². The Hall–Kier alpha value is -1.85. The second kappa shape index (κ2) is 4.46. The molecule has 2 bridgehead atoms. The predicted molar refractivity (Wildman–Crippen MR) is 86.1 cm³/mol. The van der Waals surface area contributed by atoms with E-state index in [9.17, 15) is 4.79 Å². The zero-order chi connectivity index (χ0) is 16.8. The van der Waals surface area contributed by atoms with Gasteiger partial charge in [0.05, 0.1) is 24.7 Å². The fourth-order valence-electron chi connectivity index (χ4n) is 6.20. The molecular formula is C20H20O5. The number of carbonyl (C=O) groups excluding carboxylic acids is 1. The van der Waals surface area contributed by atoms with E-state index in [4.69, 9.17) is 18.6 Å². The maximum Gasteiger partial charge on any atom is 0.334 e. The molecule has 5 nitrogen and oxygen atoms in total. The van der Waals surface area contributed by atoms with Crippen LogP contribution in [0.1, 0.15) is 31.4 Å². The Morgan fingerprint density at radius 2 is 2.16 bits per heavy atom. The fraction of sp³-hybridized carbons (Fsp3) is 0.550. The Morgan fingerprint density at radius 1 is 1.24 bits per heavy atom. The number of furan rings is 1. The Kier molecular flexibility index (Phi) is 2.56. The number of ether oxygens (including phenoxy) is 3. The monoisotopic (exact) mass is 340 g/mol. The second-order valence-electron chi connectivity index (χ2n) is 8.17. The summed E-state index contributed by atoms with van der Waals surface area (Å²) < 4.78 is 23.5. The molecule has 2 spiro atoms. The Morgan fingerprint density at radius 3 is 3.00 bits per heavy atom. The van der Waals surface area contributed by atoms with Crippen LogP contribution >= 0.6 is 0 Å². The van der Waals surface area contributed by atoms with Crippen LogP contribution < -0.4 is 0 Å². The van der Waals surface area contributed by atoms with Crippen molar-refractivity contribution in [2.45, 2.75) is 38.3 Å².